The smallest absolute Gasteiger partial charge is 0.224 e. The number of hydrogen-bond donors (Lipinski definition) is 1. The molecule has 0 bridgehead atoms. The van der Waals surface area contributed by atoms with Crippen molar-refractivity contribution in [3.8, 4) is 10.6 Å². The standard InChI is InChI=1S/C22H23FN2OS2/c1-15-5-3-6-16(2)21(15)25-20(26)7-4-12-27-13-19-14-28-22(24-19)17-8-10-18(23)11-9-17/h3,5-6,8-11,14H,4,7,12-13H2,1-2H3,(H,25,26). The van der Waals surface area contributed by atoms with Crippen LogP contribution in [0.2, 0.25) is 0 Å². The SMILES string of the molecule is Cc1cccc(C)c1NC(=O)CCCSCc1csc(-c2ccc(F)cc2)n1. The molecule has 0 unspecified atom stereocenters. The number of hydrogen-bond acceptors (Lipinski definition) is 4. The molecule has 0 aliphatic heterocycles. The Kier molecular flexibility index (Phi) is 7.23. The van der Waals surface area contributed by atoms with Gasteiger partial charge in [-0.25, -0.2) is 9.37 Å². The van der Waals surface area contributed by atoms with Gasteiger partial charge in [0.2, 0.25) is 5.91 Å². The Morgan fingerprint density at radius 3 is 2.57 bits per heavy atom. The summed E-state index contributed by atoms with van der Waals surface area (Å²) in [5.41, 5.74) is 5.06. The zero-order chi connectivity index (χ0) is 19.9. The van der Waals surface area contributed by atoms with E-state index in [0.29, 0.717) is 6.42 Å². The number of halogens is 1. The summed E-state index contributed by atoms with van der Waals surface area (Å²) in [5.74, 6) is 1.54. The molecule has 2 aromatic carbocycles. The summed E-state index contributed by atoms with van der Waals surface area (Å²) in [6.07, 6.45) is 1.34. The summed E-state index contributed by atoms with van der Waals surface area (Å²) in [7, 11) is 0. The van der Waals surface area contributed by atoms with Gasteiger partial charge >= 0.3 is 0 Å². The molecule has 0 aliphatic carbocycles. The molecule has 3 rings (SSSR count). The number of carbonyl (C=O) groups is 1. The highest BCUT2D eigenvalue weighted by molar-refractivity contribution is 7.98. The fourth-order valence-corrected chi connectivity index (χ4v) is 4.60. The molecule has 0 spiro atoms. The molecule has 3 aromatic rings. The number of carbonyl (C=O) groups excluding carboxylic acids is 1. The number of aromatic nitrogens is 1. The van der Waals surface area contributed by atoms with Crippen molar-refractivity contribution in [3.05, 3.63) is 70.5 Å². The highest BCUT2D eigenvalue weighted by atomic mass is 32.2. The van der Waals surface area contributed by atoms with Gasteiger partial charge in [-0.15, -0.1) is 11.3 Å². The molecule has 6 heteroatoms. The van der Waals surface area contributed by atoms with E-state index in [1.54, 1.807) is 35.2 Å². The lowest BCUT2D eigenvalue weighted by atomic mass is 10.1. The summed E-state index contributed by atoms with van der Waals surface area (Å²) in [6.45, 7) is 4.01. The van der Waals surface area contributed by atoms with Crippen molar-refractivity contribution in [3.63, 3.8) is 0 Å². The highest BCUT2D eigenvalue weighted by Gasteiger charge is 2.08. The lowest BCUT2D eigenvalue weighted by Crippen LogP contribution is -2.13. The number of amides is 1. The molecule has 0 aliphatic rings. The monoisotopic (exact) mass is 414 g/mol. The van der Waals surface area contributed by atoms with Crippen molar-refractivity contribution >= 4 is 34.7 Å². The van der Waals surface area contributed by atoms with E-state index in [1.165, 1.54) is 12.1 Å². The van der Waals surface area contributed by atoms with Crippen molar-refractivity contribution in [2.75, 3.05) is 11.1 Å². The molecular formula is C22H23FN2OS2. The Hall–Kier alpha value is -2.18. The van der Waals surface area contributed by atoms with Crippen LogP contribution in [0.25, 0.3) is 10.6 Å². The van der Waals surface area contributed by atoms with E-state index in [0.717, 1.165) is 51.0 Å². The van der Waals surface area contributed by atoms with E-state index in [4.69, 9.17) is 0 Å². The van der Waals surface area contributed by atoms with E-state index in [2.05, 4.69) is 10.3 Å². The van der Waals surface area contributed by atoms with Gasteiger partial charge in [-0.1, -0.05) is 18.2 Å². The minimum absolute atomic E-state index is 0.0604. The van der Waals surface area contributed by atoms with Gasteiger partial charge in [0.1, 0.15) is 10.8 Å². The van der Waals surface area contributed by atoms with Crippen molar-refractivity contribution < 1.29 is 9.18 Å². The van der Waals surface area contributed by atoms with Crippen LogP contribution in [0, 0.1) is 19.7 Å². The predicted molar refractivity (Wildman–Crippen MR) is 117 cm³/mol. The van der Waals surface area contributed by atoms with Crippen molar-refractivity contribution in [1.29, 1.82) is 0 Å². The largest absolute Gasteiger partial charge is 0.326 e. The van der Waals surface area contributed by atoms with Crippen LogP contribution in [0.4, 0.5) is 10.1 Å². The Labute approximate surface area is 173 Å². The maximum Gasteiger partial charge on any atom is 0.224 e. The second-order valence-corrected chi connectivity index (χ2v) is 8.59. The third-order valence-corrected chi connectivity index (χ3v) is 6.35. The zero-order valence-electron chi connectivity index (χ0n) is 16.0. The summed E-state index contributed by atoms with van der Waals surface area (Å²) in [4.78, 5) is 16.8. The topological polar surface area (TPSA) is 42.0 Å². The van der Waals surface area contributed by atoms with Gasteiger partial charge in [0.15, 0.2) is 0 Å². The lowest BCUT2D eigenvalue weighted by molar-refractivity contribution is -0.116. The Bertz CT molecular complexity index is 918. The quantitative estimate of drug-likeness (QED) is 0.445. The van der Waals surface area contributed by atoms with E-state index in [-0.39, 0.29) is 11.7 Å². The summed E-state index contributed by atoms with van der Waals surface area (Å²) >= 11 is 3.35. The number of anilines is 1. The van der Waals surface area contributed by atoms with Gasteiger partial charge in [0.05, 0.1) is 5.69 Å². The molecule has 0 radical (unpaired) electrons. The second-order valence-electron chi connectivity index (χ2n) is 6.62. The van der Waals surface area contributed by atoms with Crippen molar-refractivity contribution in [2.24, 2.45) is 0 Å². The first-order valence-corrected chi connectivity index (χ1v) is 11.2. The first-order chi connectivity index (χ1) is 13.5. The van der Waals surface area contributed by atoms with Gasteiger partial charge in [-0.2, -0.15) is 11.8 Å². The minimum Gasteiger partial charge on any atom is -0.326 e. The number of nitrogens with zero attached hydrogens (tertiary/aromatic N) is 1. The molecule has 0 saturated carbocycles. The van der Waals surface area contributed by atoms with E-state index < -0.39 is 0 Å². The fraction of sp³-hybridized carbons (Fsp3) is 0.273. The third-order valence-electron chi connectivity index (χ3n) is 4.33. The van der Waals surface area contributed by atoms with Crippen molar-refractivity contribution in [1.82, 2.24) is 4.98 Å². The second kappa shape index (κ2) is 9.85. The predicted octanol–water partition coefficient (Wildman–Crippen LogP) is 6.22. The number of benzene rings is 2. The molecule has 1 amide bonds. The summed E-state index contributed by atoms with van der Waals surface area (Å²) in [6, 6.07) is 12.4. The van der Waals surface area contributed by atoms with Gasteiger partial charge in [0, 0.05) is 28.8 Å². The zero-order valence-corrected chi connectivity index (χ0v) is 17.6. The molecule has 0 saturated heterocycles. The average molecular weight is 415 g/mol. The van der Waals surface area contributed by atoms with Crippen LogP contribution in [0.1, 0.15) is 29.7 Å². The molecule has 3 nitrogen and oxygen atoms in total. The third kappa shape index (κ3) is 5.66. The van der Waals surface area contributed by atoms with Crippen LogP contribution in [0.3, 0.4) is 0 Å². The highest BCUT2D eigenvalue weighted by Crippen LogP contribution is 2.26. The van der Waals surface area contributed by atoms with Crippen LogP contribution in [-0.2, 0) is 10.5 Å². The van der Waals surface area contributed by atoms with Crippen molar-refractivity contribution in [2.45, 2.75) is 32.4 Å². The van der Waals surface area contributed by atoms with E-state index >= 15 is 0 Å². The maximum absolute atomic E-state index is 13.0. The van der Waals surface area contributed by atoms with Gasteiger partial charge < -0.3 is 5.32 Å². The van der Waals surface area contributed by atoms with E-state index in [1.807, 2.05) is 37.4 Å². The van der Waals surface area contributed by atoms with Gasteiger partial charge in [-0.05, 0) is 61.4 Å². The molecule has 0 atom stereocenters. The van der Waals surface area contributed by atoms with E-state index in [9.17, 15) is 9.18 Å². The molecule has 1 aromatic heterocycles. The van der Waals surface area contributed by atoms with Crippen LogP contribution in [-0.4, -0.2) is 16.6 Å². The molecule has 28 heavy (non-hydrogen) atoms. The fourth-order valence-electron chi connectivity index (χ4n) is 2.82. The molecule has 1 N–H and O–H groups in total. The maximum atomic E-state index is 13.0. The Balaban J connectivity index is 1.39. The summed E-state index contributed by atoms with van der Waals surface area (Å²) < 4.78 is 13.0. The normalized spacial score (nSPS) is 10.8. The lowest BCUT2D eigenvalue weighted by Gasteiger charge is -2.11. The van der Waals surface area contributed by atoms with Crippen LogP contribution >= 0.6 is 23.1 Å². The number of nitrogens with one attached hydrogen (secondary N) is 1. The molecular weight excluding hydrogens is 391 g/mol. The first-order valence-electron chi connectivity index (χ1n) is 9.17. The van der Waals surface area contributed by atoms with Crippen LogP contribution < -0.4 is 5.32 Å². The summed E-state index contributed by atoms with van der Waals surface area (Å²) in [5, 5.41) is 5.97. The van der Waals surface area contributed by atoms with Crippen LogP contribution in [0.5, 0.6) is 0 Å². The number of thioether (sulfide) groups is 1. The number of thiazole rings is 1. The molecule has 146 valence electrons. The minimum atomic E-state index is -0.238. The number of para-hydroxylation sites is 1. The Morgan fingerprint density at radius 2 is 1.86 bits per heavy atom. The first kappa shape index (κ1) is 20.6. The molecule has 1 heterocycles. The number of rotatable bonds is 8. The van der Waals surface area contributed by atoms with Gasteiger partial charge in [0.25, 0.3) is 0 Å². The van der Waals surface area contributed by atoms with Crippen LogP contribution in [0.15, 0.2) is 47.8 Å². The number of aryl methyl sites for hydroxylation is 2. The average Bonchev–Trinajstić information content (AvgIpc) is 3.14. The molecule has 0 fully saturated rings. The Morgan fingerprint density at radius 1 is 1.14 bits per heavy atom. The van der Waals surface area contributed by atoms with Gasteiger partial charge in [-0.3, -0.25) is 4.79 Å².